The Morgan fingerprint density at radius 2 is 2.13 bits per heavy atom. The summed E-state index contributed by atoms with van der Waals surface area (Å²) in [5.74, 6) is 0.445. The van der Waals surface area contributed by atoms with Gasteiger partial charge in [-0.25, -0.2) is 9.97 Å². The van der Waals surface area contributed by atoms with E-state index in [-0.39, 0.29) is 29.9 Å². The van der Waals surface area contributed by atoms with Crippen molar-refractivity contribution < 1.29 is 9.90 Å². The van der Waals surface area contributed by atoms with Crippen LogP contribution in [0.3, 0.4) is 0 Å². The van der Waals surface area contributed by atoms with Crippen LogP contribution in [0.4, 0.5) is 5.82 Å². The summed E-state index contributed by atoms with van der Waals surface area (Å²) in [7, 11) is 0. The van der Waals surface area contributed by atoms with Crippen LogP contribution >= 0.6 is 11.6 Å². The van der Waals surface area contributed by atoms with Gasteiger partial charge >= 0.3 is 0 Å². The SMILES string of the molecule is Cc1cc(C(=O)c2cncnc2N[C@@H]2C[C@@H](C)[C@@H](O)C2)nn1[C@@H](C)c1cccc(Cl)c1. The predicted molar refractivity (Wildman–Crippen MR) is 120 cm³/mol. The van der Waals surface area contributed by atoms with Crippen molar-refractivity contribution in [3.63, 3.8) is 0 Å². The lowest BCUT2D eigenvalue weighted by atomic mass is 10.1. The second kappa shape index (κ2) is 8.77. The number of aliphatic hydroxyl groups excluding tert-OH is 1. The van der Waals surface area contributed by atoms with E-state index in [1.807, 2.05) is 49.7 Å². The molecule has 4 rings (SSSR count). The zero-order chi connectivity index (χ0) is 22.1. The van der Waals surface area contributed by atoms with Gasteiger partial charge in [0.05, 0.1) is 17.7 Å². The van der Waals surface area contributed by atoms with E-state index in [1.165, 1.54) is 12.5 Å². The fraction of sp³-hybridized carbons (Fsp3) is 0.391. The molecule has 0 unspecified atom stereocenters. The molecule has 162 valence electrons. The van der Waals surface area contributed by atoms with Crippen LogP contribution < -0.4 is 5.32 Å². The van der Waals surface area contributed by atoms with Gasteiger partial charge in [-0.1, -0.05) is 30.7 Å². The van der Waals surface area contributed by atoms with Crippen LogP contribution in [0.15, 0.2) is 42.9 Å². The molecule has 7 nitrogen and oxygen atoms in total. The standard InChI is InChI=1S/C23H26ClN5O2/c1-13-7-18(10-21(13)30)27-23-19(11-25-12-26-23)22(31)20-8-14(2)29(28-20)15(3)16-5-4-6-17(24)9-16/h4-6,8-9,11-13,15,18,21,30H,7,10H2,1-3H3,(H,25,26,27)/t13-,15+,18-,21+/m1/s1. The monoisotopic (exact) mass is 439 g/mol. The molecular weight excluding hydrogens is 414 g/mol. The normalized spacial score (nSPS) is 21.8. The summed E-state index contributed by atoms with van der Waals surface area (Å²) in [6, 6.07) is 9.39. The summed E-state index contributed by atoms with van der Waals surface area (Å²) < 4.78 is 1.82. The molecule has 2 heterocycles. The maximum atomic E-state index is 13.3. The molecular formula is C23H26ClN5O2. The van der Waals surface area contributed by atoms with Crippen LogP contribution in [0.1, 0.15) is 60.0 Å². The largest absolute Gasteiger partial charge is 0.393 e. The zero-order valence-electron chi connectivity index (χ0n) is 17.8. The maximum absolute atomic E-state index is 13.3. The first-order chi connectivity index (χ1) is 14.8. The molecule has 0 saturated heterocycles. The number of hydrogen-bond acceptors (Lipinski definition) is 6. The highest BCUT2D eigenvalue weighted by molar-refractivity contribution is 6.30. The van der Waals surface area contributed by atoms with Gasteiger partial charge in [-0.2, -0.15) is 5.10 Å². The number of aryl methyl sites for hydroxylation is 1. The number of aliphatic hydroxyl groups is 1. The summed E-state index contributed by atoms with van der Waals surface area (Å²) in [6.45, 7) is 5.97. The molecule has 0 bridgehead atoms. The fourth-order valence-corrected chi connectivity index (χ4v) is 4.38. The lowest BCUT2D eigenvalue weighted by Crippen LogP contribution is -2.20. The Bertz CT molecular complexity index is 1090. The van der Waals surface area contributed by atoms with Crippen molar-refractivity contribution in [1.82, 2.24) is 19.7 Å². The highest BCUT2D eigenvalue weighted by atomic mass is 35.5. The van der Waals surface area contributed by atoms with Gasteiger partial charge < -0.3 is 10.4 Å². The third-order valence-corrected chi connectivity index (χ3v) is 6.23. The van der Waals surface area contributed by atoms with E-state index in [9.17, 15) is 9.90 Å². The molecule has 1 fully saturated rings. The molecule has 0 aliphatic heterocycles. The predicted octanol–water partition coefficient (Wildman–Crippen LogP) is 4.05. The number of carbonyl (C=O) groups excluding carboxylic acids is 1. The fourth-order valence-electron chi connectivity index (χ4n) is 4.18. The van der Waals surface area contributed by atoms with E-state index in [0.717, 1.165) is 17.7 Å². The summed E-state index contributed by atoms with van der Waals surface area (Å²) in [4.78, 5) is 21.6. The molecule has 0 amide bonds. The highest BCUT2D eigenvalue weighted by Gasteiger charge is 2.31. The van der Waals surface area contributed by atoms with Gasteiger partial charge in [-0.3, -0.25) is 9.48 Å². The topological polar surface area (TPSA) is 92.9 Å². The molecule has 0 radical (unpaired) electrons. The maximum Gasteiger partial charge on any atom is 0.218 e. The van der Waals surface area contributed by atoms with Crippen LogP contribution in [-0.4, -0.2) is 42.8 Å². The van der Waals surface area contributed by atoms with Crippen LogP contribution in [0, 0.1) is 12.8 Å². The summed E-state index contributed by atoms with van der Waals surface area (Å²) in [5.41, 5.74) is 2.59. The lowest BCUT2D eigenvalue weighted by molar-refractivity contribution is 0.103. The first-order valence-corrected chi connectivity index (χ1v) is 10.8. The van der Waals surface area contributed by atoms with E-state index in [1.54, 1.807) is 6.07 Å². The van der Waals surface area contributed by atoms with Crippen molar-refractivity contribution in [2.45, 2.75) is 51.8 Å². The molecule has 2 aromatic heterocycles. The summed E-state index contributed by atoms with van der Waals surface area (Å²) >= 11 is 6.14. The van der Waals surface area contributed by atoms with Gasteiger partial charge in [0.1, 0.15) is 17.8 Å². The second-order valence-electron chi connectivity index (χ2n) is 8.32. The lowest BCUT2D eigenvalue weighted by Gasteiger charge is -2.15. The molecule has 31 heavy (non-hydrogen) atoms. The number of rotatable bonds is 6. The van der Waals surface area contributed by atoms with Crippen molar-refractivity contribution in [2.24, 2.45) is 5.92 Å². The van der Waals surface area contributed by atoms with Crippen molar-refractivity contribution in [2.75, 3.05) is 5.32 Å². The number of aromatic nitrogens is 4. The van der Waals surface area contributed by atoms with E-state index >= 15 is 0 Å². The molecule has 1 aromatic carbocycles. The molecule has 1 aliphatic carbocycles. The Labute approximate surface area is 186 Å². The van der Waals surface area contributed by atoms with E-state index in [2.05, 4.69) is 20.4 Å². The number of nitrogens with one attached hydrogen (secondary N) is 1. The van der Waals surface area contributed by atoms with E-state index in [0.29, 0.717) is 28.5 Å². The summed E-state index contributed by atoms with van der Waals surface area (Å²) in [5, 5.41) is 18.6. The first-order valence-electron chi connectivity index (χ1n) is 10.4. The first kappa shape index (κ1) is 21.5. The number of carbonyl (C=O) groups is 1. The molecule has 3 aromatic rings. The zero-order valence-corrected chi connectivity index (χ0v) is 18.5. The molecule has 1 aliphatic rings. The number of nitrogens with zero attached hydrogens (tertiary/aromatic N) is 4. The van der Waals surface area contributed by atoms with Crippen LogP contribution in [0.25, 0.3) is 0 Å². The Kier molecular flexibility index (Phi) is 6.07. The van der Waals surface area contributed by atoms with Gasteiger partial charge in [0.2, 0.25) is 5.78 Å². The van der Waals surface area contributed by atoms with Gasteiger partial charge in [-0.15, -0.1) is 0 Å². The smallest absolute Gasteiger partial charge is 0.218 e. The molecule has 8 heteroatoms. The van der Waals surface area contributed by atoms with Crippen molar-refractivity contribution >= 4 is 23.2 Å². The second-order valence-corrected chi connectivity index (χ2v) is 8.75. The summed E-state index contributed by atoms with van der Waals surface area (Å²) in [6.07, 6.45) is 4.04. The van der Waals surface area contributed by atoms with Crippen molar-refractivity contribution in [1.29, 1.82) is 0 Å². The molecule has 4 atom stereocenters. The number of halogens is 1. The third kappa shape index (κ3) is 4.48. The highest BCUT2D eigenvalue weighted by Crippen LogP contribution is 2.29. The van der Waals surface area contributed by atoms with Crippen molar-refractivity contribution in [3.05, 3.63) is 70.4 Å². The minimum atomic E-state index is -0.343. The Morgan fingerprint density at radius 1 is 1.32 bits per heavy atom. The van der Waals surface area contributed by atoms with Gasteiger partial charge in [0.25, 0.3) is 0 Å². The average molecular weight is 440 g/mol. The molecule has 2 N–H and O–H groups in total. The van der Waals surface area contributed by atoms with Crippen LogP contribution in [0.5, 0.6) is 0 Å². The van der Waals surface area contributed by atoms with Gasteiger partial charge in [0, 0.05) is 23.0 Å². The van der Waals surface area contributed by atoms with E-state index in [4.69, 9.17) is 11.6 Å². The minimum Gasteiger partial charge on any atom is -0.393 e. The Balaban J connectivity index is 1.59. The number of hydrogen-bond donors (Lipinski definition) is 2. The van der Waals surface area contributed by atoms with Gasteiger partial charge in [-0.05, 0) is 56.4 Å². The number of benzene rings is 1. The molecule has 0 spiro atoms. The quantitative estimate of drug-likeness (QED) is 0.563. The van der Waals surface area contributed by atoms with Crippen LogP contribution in [-0.2, 0) is 0 Å². The van der Waals surface area contributed by atoms with Gasteiger partial charge in [0.15, 0.2) is 0 Å². The third-order valence-electron chi connectivity index (χ3n) is 5.99. The number of ketones is 1. The van der Waals surface area contributed by atoms with Crippen molar-refractivity contribution in [3.8, 4) is 0 Å². The Morgan fingerprint density at radius 3 is 2.84 bits per heavy atom. The Hall–Kier alpha value is -2.77. The van der Waals surface area contributed by atoms with E-state index < -0.39 is 0 Å². The minimum absolute atomic E-state index is 0.0635. The van der Waals surface area contributed by atoms with Crippen LogP contribution in [0.2, 0.25) is 5.02 Å². The number of anilines is 1. The average Bonchev–Trinajstić information content (AvgIpc) is 3.29. The molecule has 1 saturated carbocycles.